The summed E-state index contributed by atoms with van der Waals surface area (Å²) in [5.74, 6) is 0.275. The SMILES string of the molecule is CCc1c(-c2cc(N)ncc2C)ccc(F)c1NCC1(CC)CCOCC1. The number of nitrogens with zero attached hydrogens (tertiary/aromatic N) is 1. The van der Waals surface area contributed by atoms with Gasteiger partial charge >= 0.3 is 0 Å². The summed E-state index contributed by atoms with van der Waals surface area (Å²) in [7, 11) is 0. The van der Waals surface area contributed by atoms with Crippen LogP contribution in [0.25, 0.3) is 11.1 Å². The third kappa shape index (κ3) is 4.08. The summed E-state index contributed by atoms with van der Waals surface area (Å²) in [5, 5.41) is 3.46. The van der Waals surface area contributed by atoms with E-state index in [1.807, 2.05) is 19.1 Å². The van der Waals surface area contributed by atoms with Gasteiger partial charge in [-0.05, 0) is 72.4 Å². The first-order valence-electron chi connectivity index (χ1n) is 9.85. The predicted molar refractivity (Wildman–Crippen MR) is 109 cm³/mol. The van der Waals surface area contributed by atoms with Crippen molar-refractivity contribution >= 4 is 11.5 Å². The first-order valence-corrected chi connectivity index (χ1v) is 9.85. The van der Waals surface area contributed by atoms with E-state index in [-0.39, 0.29) is 11.2 Å². The lowest BCUT2D eigenvalue weighted by atomic mass is 9.77. The minimum absolute atomic E-state index is 0.169. The molecule has 2 heterocycles. The zero-order chi connectivity index (χ0) is 19.4. The number of anilines is 2. The summed E-state index contributed by atoms with van der Waals surface area (Å²) in [6, 6.07) is 5.28. The van der Waals surface area contributed by atoms with E-state index in [2.05, 4.69) is 24.1 Å². The van der Waals surface area contributed by atoms with Crippen LogP contribution in [0.15, 0.2) is 24.4 Å². The van der Waals surface area contributed by atoms with Crippen LogP contribution in [0, 0.1) is 18.2 Å². The van der Waals surface area contributed by atoms with Crippen molar-refractivity contribution in [1.82, 2.24) is 4.98 Å². The Bertz CT molecular complexity index is 800. The van der Waals surface area contributed by atoms with E-state index in [1.165, 1.54) is 0 Å². The molecule has 4 nitrogen and oxygen atoms in total. The fourth-order valence-corrected chi connectivity index (χ4v) is 4.00. The van der Waals surface area contributed by atoms with Crippen LogP contribution < -0.4 is 11.1 Å². The van der Waals surface area contributed by atoms with Crippen molar-refractivity contribution < 1.29 is 9.13 Å². The zero-order valence-electron chi connectivity index (χ0n) is 16.6. The second-order valence-electron chi connectivity index (χ2n) is 7.55. The van der Waals surface area contributed by atoms with E-state index in [9.17, 15) is 4.39 Å². The van der Waals surface area contributed by atoms with Crippen molar-refractivity contribution in [3.8, 4) is 11.1 Å². The summed E-state index contributed by atoms with van der Waals surface area (Å²) >= 11 is 0. The van der Waals surface area contributed by atoms with Crippen molar-refractivity contribution in [3.63, 3.8) is 0 Å². The molecule has 0 saturated carbocycles. The topological polar surface area (TPSA) is 60.2 Å². The van der Waals surface area contributed by atoms with Gasteiger partial charge in [0, 0.05) is 26.0 Å². The third-order valence-electron chi connectivity index (χ3n) is 5.97. The quantitative estimate of drug-likeness (QED) is 0.753. The van der Waals surface area contributed by atoms with Crippen LogP contribution >= 0.6 is 0 Å². The second-order valence-corrected chi connectivity index (χ2v) is 7.55. The van der Waals surface area contributed by atoms with Gasteiger partial charge in [-0.1, -0.05) is 19.9 Å². The summed E-state index contributed by atoms with van der Waals surface area (Å²) in [6.07, 6.45) is 5.60. The molecule has 0 spiro atoms. The van der Waals surface area contributed by atoms with Gasteiger partial charge in [-0.15, -0.1) is 0 Å². The van der Waals surface area contributed by atoms with Crippen molar-refractivity contribution in [2.75, 3.05) is 30.8 Å². The molecule has 1 aliphatic rings. The van der Waals surface area contributed by atoms with Crippen molar-refractivity contribution in [3.05, 3.63) is 41.3 Å². The van der Waals surface area contributed by atoms with E-state index in [1.54, 1.807) is 12.3 Å². The number of pyridine rings is 1. The molecule has 0 atom stereocenters. The van der Waals surface area contributed by atoms with Gasteiger partial charge in [0.15, 0.2) is 0 Å². The molecule has 0 aliphatic carbocycles. The first-order chi connectivity index (χ1) is 13.0. The Kier molecular flexibility index (Phi) is 6.00. The lowest BCUT2D eigenvalue weighted by molar-refractivity contribution is 0.0191. The van der Waals surface area contributed by atoms with Gasteiger partial charge in [-0.2, -0.15) is 0 Å². The molecule has 1 saturated heterocycles. The predicted octanol–water partition coefficient (Wildman–Crippen LogP) is 4.96. The molecule has 1 aromatic heterocycles. The van der Waals surface area contributed by atoms with Gasteiger partial charge in [0.25, 0.3) is 0 Å². The third-order valence-corrected chi connectivity index (χ3v) is 5.97. The molecule has 0 radical (unpaired) electrons. The Labute approximate surface area is 161 Å². The van der Waals surface area contributed by atoms with Gasteiger partial charge in [0.1, 0.15) is 11.6 Å². The van der Waals surface area contributed by atoms with Gasteiger partial charge in [0.05, 0.1) is 5.69 Å². The maximum Gasteiger partial charge on any atom is 0.146 e. The number of aryl methyl sites for hydroxylation is 1. The van der Waals surface area contributed by atoms with Crippen LogP contribution in [0.5, 0.6) is 0 Å². The van der Waals surface area contributed by atoms with Gasteiger partial charge in [-0.3, -0.25) is 0 Å². The van der Waals surface area contributed by atoms with Crippen LogP contribution in [0.3, 0.4) is 0 Å². The number of rotatable bonds is 6. The Morgan fingerprint density at radius 1 is 1.22 bits per heavy atom. The van der Waals surface area contributed by atoms with Crippen molar-refractivity contribution in [1.29, 1.82) is 0 Å². The molecular weight excluding hydrogens is 341 g/mol. The van der Waals surface area contributed by atoms with Crippen molar-refractivity contribution in [2.24, 2.45) is 5.41 Å². The summed E-state index contributed by atoms with van der Waals surface area (Å²) < 4.78 is 20.3. The number of nitrogens with two attached hydrogens (primary N) is 1. The number of hydrogen-bond donors (Lipinski definition) is 2. The molecule has 1 aliphatic heterocycles. The smallest absolute Gasteiger partial charge is 0.146 e. The number of hydrogen-bond acceptors (Lipinski definition) is 4. The molecule has 3 rings (SSSR count). The monoisotopic (exact) mass is 371 g/mol. The number of aromatic nitrogens is 1. The van der Waals surface area contributed by atoms with Crippen molar-refractivity contribution in [2.45, 2.75) is 46.5 Å². The Morgan fingerprint density at radius 3 is 2.63 bits per heavy atom. The molecular formula is C22H30FN3O. The Hall–Kier alpha value is -2.14. The minimum atomic E-state index is -0.200. The molecule has 0 amide bonds. The molecule has 1 aromatic carbocycles. The number of benzene rings is 1. The molecule has 3 N–H and O–H groups in total. The van der Waals surface area contributed by atoms with E-state index in [4.69, 9.17) is 10.5 Å². The van der Waals surface area contributed by atoms with Crippen LogP contribution in [0.2, 0.25) is 0 Å². The van der Waals surface area contributed by atoms with Gasteiger partial charge in [-0.25, -0.2) is 9.37 Å². The summed E-state index contributed by atoms with van der Waals surface area (Å²) in [5.41, 5.74) is 10.7. The van der Waals surface area contributed by atoms with E-state index in [0.717, 1.165) is 67.7 Å². The number of nitrogen functional groups attached to an aromatic ring is 1. The highest BCUT2D eigenvalue weighted by atomic mass is 19.1. The summed E-state index contributed by atoms with van der Waals surface area (Å²) in [4.78, 5) is 4.15. The van der Waals surface area contributed by atoms with Crippen LogP contribution in [0.1, 0.15) is 44.2 Å². The highest BCUT2D eigenvalue weighted by Crippen LogP contribution is 2.37. The number of nitrogens with one attached hydrogen (secondary N) is 1. The minimum Gasteiger partial charge on any atom is -0.384 e. The molecule has 0 unspecified atom stereocenters. The standard InChI is InChI=1S/C22H30FN3O/c1-4-16-17(18-12-20(24)25-13-15(18)3)6-7-19(23)21(16)26-14-22(5-2)8-10-27-11-9-22/h6-7,12-13,26H,4-5,8-11,14H2,1-3H3,(H2,24,25). The average molecular weight is 372 g/mol. The molecule has 2 aromatic rings. The fourth-order valence-electron chi connectivity index (χ4n) is 4.00. The van der Waals surface area contributed by atoms with Gasteiger partial charge in [0.2, 0.25) is 0 Å². The van der Waals surface area contributed by atoms with E-state index in [0.29, 0.717) is 11.5 Å². The normalized spacial score (nSPS) is 16.3. The number of halogens is 1. The highest BCUT2D eigenvalue weighted by Gasteiger charge is 2.31. The molecule has 146 valence electrons. The Morgan fingerprint density at radius 2 is 1.96 bits per heavy atom. The molecule has 5 heteroatoms. The largest absolute Gasteiger partial charge is 0.384 e. The number of ether oxygens (including phenoxy) is 1. The second kappa shape index (κ2) is 8.26. The fraction of sp³-hybridized carbons (Fsp3) is 0.500. The van der Waals surface area contributed by atoms with E-state index >= 15 is 0 Å². The molecule has 27 heavy (non-hydrogen) atoms. The van der Waals surface area contributed by atoms with Crippen LogP contribution in [0.4, 0.5) is 15.9 Å². The van der Waals surface area contributed by atoms with E-state index < -0.39 is 0 Å². The maximum absolute atomic E-state index is 14.8. The molecule has 0 bridgehead atoms. The van der Waals surface area contributed by atoms with Gasteiger partial charge < -0.3 is 15.8 Å². The highest BCUT2D eigenvalue weighted by molar-refractivity contribution is 5.77. The molecule has 1 fully saturated rings. The Balaban J connectivity index is 1.97. The van der Waals surface area contributed by atoms with Crippen LogP contribution in [-0.4, -0.2) is 24.7 Å². The average Bonchev–Trinajstić information content (AvgIpc) is 2.69. The lowest BCUT2D eigenvalue weighted by Gasteiger charge is -2.37. The summed E-state index contributed by atoms with van der Waals surface area (Å²) in [6.45, 7) is 8.61. The first kappa shape index (κ1) is 19.6. The zero-order valence-corrected chi connectivity index (χ0v) is 16.6. The maximum atomic E-state index is 14.8. The lowest BCUT2D eigenvalue weighted by Crippen LogP contribution is -2.35. The van der Waals surface area contributed by atoms with Crippen LogP contribution in [-0.2, 0) is 11.2 Å².